The number of piperidine rings is 1. The van der Waals surface area contributed by atoms with Crippen LogP contribution in [0.4, 0.5) is 0 Å². The van der Waals surface area contributed by atoms with E-state index in [1.807, 2.05) is 6.92 Å². The summed E-state index contributed by atoms with van der Waals surface area (Å²) in [5, 5.41) is 10.1. The Balaban J connectivity index is 2.02. The van der Waals surface area contributed by atoms with E-state index in [0.29, 0.717) is 30.6 Å². The average Bonchev–Trinajstić information content (AvgIpc) is 2.64. The molecule has 2 rings (SSSR count). The van der Waals surface area contributed by atoms with Gasteiger partial charge in [0.25, 0.3) is 5.91 Å². The van der Waals surface area contributed by atoms with Crippen molar-refractivity contribution in [2.24, 2.45) is 5.92 Å². The molecule has 1 aromatic carbocycles. The molecule has 148 valence electrons. The zero-order valence-corrected chi connectivity index (χ0v) is 17.4. The van der Waals surface area contributed by atoms with Crippen LogP contribution in [0.2, 0.25) is 0 Å². The first kappa shape index (κ1) is 21.2. The highest BCUT2D eigenvalue weighted by Crippen LogP contribution is 2.30. The van der Waals surface area contributed by atoms with Crippen LogP contribution in [-0.2, 0) is 14.3 Å². The van der Waals surface area contributed by atoms with Gasteiger partial charge in [-0.25, -0.2) is 0 Å². The van der Waals surface area contributed by atoms with Gasteiger partial charge in [0.2, 0.25) is 5.91 Å². The van der Waals surface area contributed by atoms with Crippen LogP contribution in [0.5, 0.6) is 5.75 Å². The number of nitrogens with zero attached hydrogens (tertiary/aromatic N) is 2. The Hall–Kier alpha value is -2.09. The molecule has 1 aliphatic rings. The Morgan fingerprint density at radius 1 is 1.37 bits per heavy atom. The lowest BCUT2D eigenvalue weighted by atomic mass is 9.98. The minimum absolute atomic E-state index is 0.126. The topological polar surface area (TPSA) is 87.2 Å². The molecule has 0 aromatic heterocycles. The van der Waals surface area contributed by atoms with E-state index >= 15 is 0 Å². The molecular weight excluding hydrogens is 416 g/mol. The number of aromatic hydroxyl groups is 1. The standard InChI is InChI=1S/C19H25BrN2O5/c1-4-27-19(26)13-6-5-7-22(10-13)16(23)11-21(3)18(25)14-8-12(2)9-15(20)17(14)24/h8-9,13,24H,4-7,10-11H2,1-3H3. The Bertz CT molecular complexity index is 737. The van der Waals surface area contributed by atoms with Crippen molar-refractivity contribution in [3.63, 3.8) is 0 Å². The van der Waals surface area contributed by atoms with Gasteiger partial charge in [0.15, 0.2) is 0 Å². The lowest BCUT2D eigenvalue weighted by Crippen LogP contribution is -2.47. The van der Waals surface area contributed by atoms with Gasteiger partial charge in [0.1, 0.15) is 5.75 Å². The summed E-state index contributed by atoms with van der Waals surface area (Å²) in [5.74, 6) is -1.42. The van der Waals surface area contributed by atoms with Gasteiger partial charge in [0, 0.05) is 20.1 Å². The average molecular weight is 441 g/mol. The molecule has 0 radical (unpaired) electrons. The molecular formula is C19H25BrN2O5. The number of amides is 2. The predicted octanol–water partition coefficient (Wildman–Crippen LogP) is 2.34. The second-order valence-electron chi connectivity index (χ2n) is 6.74. The van der Waals surface area contributed by atoms with Gasteiger partial charge in [-0.05, 0) is 60.3 Å². The molecule has 1 fully saturated rings. The number of phenols is 1. The van der Waals surface area contributed by atoms with Gasteiger partial charge in [-0.1, -0.05) is 0 Å². The van der Waals surface area contributed by atoms with Gasteiger partial charge >= 0.3 is 5.97 Å². The molecule has 1 unspecified atom stereocenters. The Kier molecular flexibility index (Phi) is 7.24. The van der Waals surface area contributed by atoms with Crippen molar-refractivity contribution in [2.75, 3.05) is 33.3 Å². The maximum atomic E-state index is 12.6. The number of likely N-dealkylation sites (N-methyl/N-ethyl adjacent to an activating group) is 1. The minimum Gasteiger partial charge on any atom is -0.506 e. The summed E-state index contributed by atoms with van der Waals surface area (Å²) < 4.78 is 5.48. The largest absolute Gasteiger partial charge is 0.506 e. The van der Waals surface area contributed by atoms with E-state index < -0.39 is 5.91 Å². The fourth-order valence-corrected chi connectivity index (χ4v) is 3.71. The molecule has 7 nitrogen and oxygen atoms in total. The van der Waals surface area contributed by atoms with Crippen molar-refractivity contribution in [3.05, 3.63) is 27.7 Å². The maximum Gasteiger partial charge on any atom is 0.310 e. The highest BCUT2D eigenvalue weighted by Gasteiger charge is 2.30. The number of ether oxygens (including phenoxy) is 1. The van der Waals surface area contributed by atoms with Gasteiger partial charge < -0.3 is 19.6 Å². The first-order valence-electron chi connectivity index (χ1n) is 8.93. The number of hydrogen-bond donors (Lipinski definition) is 1. The third-order valence-corrected chi connectivity index (χ3v) is 5.16. The zero-order valence-electron chi connectivity index (χ0n) is 15.8. The SMILES string of the molecule is CCOC(=O)C1CCCN(C(=O)CN(C)C(=O)c2cc(C)cc(Br)c2O)C1. The first-order valence-corrected chi connectivity index (χ1v) is 9.72. The molecule has 1 atom stereocenters. The number of rotatable bonds is 5. The number of aryl methyl sites for hydroxylation is 1. The zero-order chi connectivity index (χ0) is 20.1. The minimum atomic E-state index is -0.441. The van der Waals surface area contributed by atoms with Crippen molar-refractivity contribution in [1.82, 2.24) is 9.80 Å². The van der Waals surface area contributed by atoms with Crippen LogP contribution in [0.3, 0.4) is 0 Å². The molecule has 1 saturated heterocycles. The van der Waals surface area contributed by atoms with Crippen LogP contribution in [0.25, 0.3) is 0 Å². The second kappa shape index (κ2) is 9.21. The predicted molar refractivity (Wildman–Crippen MR) is 103 cm³/mol. The summed E-state index contributed by atoms with van der Waals surface area (Å²) in [6.07, 6.45) is 1.42. The fraction of sp³-hybridized carbons (Fsp3) is 0.526. The Morgan fingerprint density at radius 3 is 2.74 bits per heavy atom. The van der Waals surface area contributed by atoms with Crippen molar-refractivity contribution >= 4 is 33.7 Å². The van der Waals surface area contributed by atoms with E-state index in [2.05, 4.69) is 15.9 Å². The number of benzene rings is 1. The number of halogens is 1. The van der Waals surface area contributed by atoms with E-state index in [9.17, 15) is 19.5 Å². The summed E-state index contributed by atoms with van der Waals surface area (Å²) in [6.45, 7) is 4.62. The van der Waals surface area contributed by atoms with E-state index in [-0.39, 0.29) is 35.7 Å². The number of hydrogen-bond acceptors (Lipinski definition) is 5. The van der Waals surface area contributed by atoms with Crippen molar-refractivity contribution in [3.8, 4) is 5.75 Å². The first-order chi connectivity index (χ1) is 12.7. The summed E-state index contributed by atoms with van der Waals surface area (Å²) >= 11 is 3.22. The third kappa shape index (κ3) is 5.22. The molecule has 1 aromatic rings. The van der Waals surface area contributed by atoms with Crippen molar-refractivity contribution in [1.29, 1.82) is 0 Å². The number of esters is 1. The summed E-state index contributed by atoms with van der Waals surface area (Å²) in [4.78, 5) is 40.0. The van der Waals surface area contributed by atoms with Crippen LogP contribution in [0.1, 0.15) is 35.7 Å². The van der Waals surface area contributed by atoms with Gasteiger partial charge in [-0.15, -0.1) is 0 Å². The van der Waals surface area contributed by atoms with Crippen LogP contribution >= 0.6 is 15.9 Å². The lowest BCUT2D eigenvalue weighted by Gasteiger charge is -2.32. The van der Waals surface area contributed by atoms with Crippen LogP contribution < -0.4 is 0 Å². The van der Waals surface area contributed by atoms with Gasteiger partial charge in [-0.2, -0.15) is 0 Å². The molecule has 0 spiro atoms. The van der Waals surface area contributed by atoms with Crippen LogP contribution in [-0.4, -0.2) is 66.0 Å². The highest BCUT2D eigenvalue weighted by molar-refractivity contribution is 9.10. The fourth-order valence-electron chi connectivity index (χ4n) is 3.13. The highest BCUT2D eigenvalue weighted by atomic mass is 79.9. The number of likely N-dealkylation sites (tertiary alicyclic amines) is 1. The molecule has 8 heteroatoms. The summed E-state index contributed by atoms with van der Waals surface area (Å²) in [6, 6.07) is 3.29. The second-order valence-corrected chi connectivity index (χ2v) is 7.59. The van der Waals surface area contributed by atoms with Crippen molar-refractivity contribution in [2.45, 2.75) is 26.7 Å². The van der Waals surface area contributed by atoms with E-state index in [0.717, 1.165) is 12.0 Å². The Labute approximate surface area is 167 Å². The summed E-state index contributed by atoms with van der Waals surface area (Å²) in [7, 11) is 1.52. The number of carbonyl (C=O) groups is 3. The van der Waals surface area contributed by atoms with E-state index in [4.69, 9.17) is 4.74 Å². The molecule has 1 N–H and O–H groups in total. The molecule has 0 aliphatic carbocycles. The normalized spacial score (nSPS) is 16.7. The maximum absolute atomic E-state index is 12.6. The smallest absolute Gasteiger partial charge is 0.310 e. The number of carbonyl (C=O) groups excluding carboxylic acids is 3. The molecule has 1 aliphatic heterocycles. The third-order valence-electron chi connectivity index (χ3n) is 4.55. The monoisotopic (exact) mass is 440 g/mol. The molecule has 27 heavy (non-hydrogen) atoms. The molecule has 2 amide bonds. The van der Waals surface area contributed by atoms with Crippen LogP contribution in [0, 0.1) is 12.8 Å². The van der Waals surface area contributed by atoms with Crippen LogP contribution in [0.15, 0.2) is 16.6 Å². The van der Waals surface area contributed by atoms with E-state index in [1.54, 1.807) is 24.0 Å². The van der Waals surface area contributed by atoms with Crippen molar-refractivity contribution < 1.29 is 24.2 Å². The molecule has 0 saturated carbocycles. The quantitative estimate of drug-likeness (QED) is 0.709. The van der Waals surface area contributed by atoms with Gasteiger partial charge in [0.05, 0.1) is 29.1 Å². The molecule has 1 heterocycles. The number of phenolic OH excluding ortho intramolecular Hbond substituents is 1. The summed E-state index contributed by atoms with van der Waals surface area (Å²) in [5.41, 5.74) is 0.955. The lowest BCUT2D eigenvalue weighted by molar-refractivity contribution is -0.151. The Morgan fingerprint density at radius 2 is 2.07 bits per heavy atom. The van der Waals surface area contributed by atoms with Gasteiger partial charge in [-0.3, -0.25) is 14.4 Å². The van der Waals surface area contributed by atoms with E-state index in [1.165, 1.54) is 11.9 Å². The molecule has 0 bridgehead atoms.